The van der Waals surface area contributed by atoms with E-state index in [2.05, 4.69) is 12.2 Å². The molecule has 132 valence electrons. The highest BCUT2D eigenvalue weighted by Crippen LogP contribution is 2.22. The predicted octanol–water partition coefficient (Wildman–Crippen LogP) is 3.17. The second-order valence-electron chi connectivity index (χ2n) is 6.17. The number of rotatable bonds is 5. The Bertz CT molecular complexity index is 535. The summed E-state index contributed by atoms with van der Waals surface area (Å²) < 4.78 is 10.1. The number of hydrogen-bond acceptors (Lipinski definition) is 4. The number of amides is 2. The first-order valence-electron chi connectivity index (χ1n) is 8.42. The Morgan fingerprint density at radius 2 is 2.00 bits per heavy atom. The van der Waals surface area contributed by atoms with Crippen LogP contribution in [0.4, 0.5) is 9.59 Å². The Morgan fingerprint density at radius 1 is 1.25 bits per heavy atom. The van der Waals surface area contributed by atoms with Crippen molar-refractivity contribution in [2.45, 2.75) is 38.8 Å². The highest BCUT2D eigenvalue weighted by atomic mass is 16.5. The average Bonchev–Trinajstić information content (AvgIpc) is 2.60. The first-order chi connectivity index (χ1) is 11.6. The molecule has 0 radical (unpaired) electrons. The summed E-state index contributed by atoms with van der Waals surface area (Å²) in [5.41, 5.74) is 0.941. The smallest absolute Gasteiger partial charge is 0.409 e. The van der Waals surface area contributed by atoms with Crippen molar-refractivity contribution in [1.29, 1.82) is 0 Å². The van der Waals surface area contributed by atoms with Crippen LogP contribution < -0.4 is 5.32 Å². The molecule has 0 spiro atoms. The molecule has 1 heterocycles. The molecule has 2 amide bonds. The largest absolute Gasteiger partial charge is 0.453 e. The topological polar surface area (TPSA) is 67.9 Å². The fourth-order valence-corrected chi connectivity index (χ4v) is 3.14. The molecule has 2 unspecified atom stereocenters. The van der Waals surface area contributed by atoms with Crippen molar-refractivity contribution in [3.63, 3.8) is 0 Å². The summed E-state index contributed by atoms with van der Waals surface area (Å²) in [6, 6.07) is 9.43. The van der Waals surface area contributed by atoms with Gasteiger partial charge in [-0.3, -0.25) is 0 Å². The van der Waals surface area contributed by atoms with Gasteiger partial charge in [0.15, 0.2) is 0 Å². The molecular formula is C18H26N2O4. The minimum absolute atomic E-state index is 0.113. The average molecular weight is 334 g/mol. The third kappa shape index (κ3) is 5.44. The molecule has 1 aromatic carbocycles. The SMILES string of the molecule is CCCC1CC(NC(=O)OCc2ccccc2)CN(C(=O)OC)C1. The second-order valence-corrected chi connectivity index (χ2v) is 6.17. The molecule has 1 saturated heterocycles. The number of carbonyl (C=O) groups is 2. The quantitative estimate of drug-likeness (QED) is 0.898. The Kier molecular flexibility index (Phi) is 6.90. The van der Waals surface area contributed by atoms with Gasteiger partial charge in [0.05, 0.1) is 13.2 Å². The first kappa shape index (κ1) is 18.1. The molecule has 1 fully saturated rings. The monoisotopic (exact) mass is 334 g/mol. The number of piperidine rings is 1. The Balaban J connectivity index is 1.86. The van der Waals surface area contributed by atoms with E-state index in [4.69, 9.17) is 9.47 Å². The van der Waals surface area contributed by atoms with E-state index in [9.17, 15) is 9.59 Å². The van der Waals surface area contributed by atoms with E-state index in [1.165, 1.54) is 7.11 Å². The van der Waals surface area contributed by atoms with Crippen LogP contribution in [-0.4, -0.2) is 43.3 Å². The molecule has 6 nitrogen and oxygen atoms in total. The van der Waals surface area contributed by atoms with E-state index < -0.39 is 6.09 Å². The van der Waals surface area contributed by atoms with Gasteiger partial charge in [0.1, 0.15) is 6.61 Å². The fraction of sp³-hybridized carbons (Fsp3) is 0.556. The van der Waals surface area contributed by atoms with Crippen LogP contribution in [-0.2, 0) is 16.1 Å². The number of carbonyl (C=O) groups excluding carboxylic acids is 2. The van der Waals surface area contributed by atoms with Crippen LogP contribution in [0.25, 0.3) is 0 Å². The minimum Gasteiger partial charge on any atom is -0.453 e. The van der Waals surface area contributed by atoms with Crippen LogP contribution in [0, 0.1) is 5.92 Å². The standard InChI is InChI=1S/C18H26N2O4/c1-3-7-15-10-16(12-20(11-15)18(22)23-2)19-17(21)24-13-14-8-5-4-6-9-14/h4-6,8-9,15-16H,3,7,10-13H2,1-2H3,(H,19,21). The maximum atomic E-state index is 12.0. The van der Waals surface area contributed by atoms with Gasteiger partial charge in [-0.1, -0.05) is 43.7 Å². The lowest BCUT2D eigenvalue weighted by Crippen LogP contribution is -2.52. The molecular weight excluding hydrogens is 308 g/mol. The highest BCUT2D eigenvalue weighted by molar-refractivity contribution is 5.69. The van der Waals surface area contributed by atoms with Gasteiger partial charge in [-0.25, -0.2) is 9.59 Å². The molecule has 6 heteroatoms. The summed E-state index contributed by atoms with van der Waals surface area (Å²) in [6.45, 7) is 3.48. The number of hydrogen-bond donors (Lipinski definition) is 1. The van der Waals surface area contributed by atoms with Crippen LogP contribution in [0.5, 0.6) is 0 Å². The second kappa shape index (κ2) is 9.15. The van der Waals surface area contributed by atoms with Crippen molar-refractivity contribution in [2.24, 2.45) is 5.92 Å². The number of nitrogens with zero attached hydrogens (tertiary/aromatic N) is 1. The lowest BCUT2D eigenvalue weighted by molar-refractivity contribution is 0.0833. The maximum absolute atomic E-state index is 12.0. The number of alkyl carbamates (subject to hydrolysis) is 1. The van der Waals surface area contributed by atoms with E-state index in [1.54, 1.807) is 4.90 Å². The normalized spacial score (nSPS) is 20.3. The molecule has 0 aromatic heterocycles. The molecule has 0 bridgehead atoms. The molecule has 1 aromatic rings. The van der Waals surface area contributed by atoms with Gasteiger partial charge in [-0.2, -0.15) is 0 Å². The van der Waals surface area contributed by atoms with Crippen LogP contribution in [0.15, 0.2) is 30.3 Å². The van der Waals surface area contributed by atoms with Gasteiger partial charge in [-0.05, 0) is 24.3 Å². The fourth-order valence-electron chi connectivity index (χ4n) is 3.14. The zero-order valence-electron chi connectivity index (χ0n) is 14.4. The van der Waals surface area contributed by atoms with Gasteiger partial charge in [0.2, 0.25) is 0 Å². The van der Waals surface area contributed by atoms with Crippen molar-refractivity contribution in [3.05, 3.63) is 35.9 Å². The summed E-state index contributed by atoms with van der Waals surface area (Å²) in [5, 5.41) is 2.88. The van der Waals surface area contributed by atoms with Crippen molar-refractivity contribution >= 4 is 12.2 Å². The summed E-state index contributed by atoms with van der Waals surface area (Å²) in [7, 11) is 1.38. The Morgan fingerprint density at radius 3 is 2.67 bits per heavy atom. The van der Waals surface area contributed by atoms with E-state index in [1.807, 2.05) is 30.3 Å². The van der Waals surface area contributed by atoms with E-state index in [0.29, 0.717) is 19.0 Å². The van der Waals surface area contributed by atoms with Gasteiger partial charge in [-0.15, -0.1) is 0 Å². The van der Waals surface area contributed by atoms with Crippen molar-refractivity contribution < 1.29 is 19.1 Å². The molecule has 1 N–H and O–H groups in total. The van der Waals surface area contributed by atoms with Crippen LogP contribution in [0.1, 0.15) is 31.7 Å². The summed E-state index contributed by atoms with van der Waals surface area (Å²) in [6.07, 6.45) is 2.11. The Hall–Kier alpha value is -2.24. The number of nitrogens with one attached hydrogen (secondary N) is 1. The zero-order valence-corrected chi connectivity index (χ0v) is 14.4. The molecule has 0 saturated carbocycles. The van der Waals surface area contributed by atoms with Crippen LogP contribution in [0.3, 0.4) is 0 Å². The first-order valence-corrected chi connectivity index (χ1v) is 8.42. The number of likely N-dealkylation sites (tertiary alicyclic amines) is 1. The summed E-state index contributed by atoms with van der Waals surface area (Å²) in [5.74, 6) is 0.363. The lowest BCUT2D eigenvalue weighted by Gasteiger charge is -2.37. The van der Waals surface area contributed by atoms with E-state index in [-0.39, 0.29) is 18.7 Å². The zero-order chi connectivity index (χ0) is 17.4. The predicted molar refractivity (Wildman–Crippen MR) is 90.5 cm³/mol. The third-order valence-electron chi connectivity index (χ3n) is 4.20. The lowest BCUT2D eigenvalue weighted by atomic mass is 9.91. The molecule has 0 aliphatic carbocycles. The van der Waals surface area contributed by atoms with Gasteiger partial charge >= 0.3 is 12.2 Å². The molecule has 2 atom stereocenters. The van der Waals surface area contributed by atoms with Gasteiger partial charge < -0.3 is 19.7 Å². The van der Waals surface area contributed by atoms with Crippen molar-refractivity contribution in [3.8, 4) is 0 Å². The van der Waals surface area contributed by atoms with E-state index >= 15 is 0 Å². The van der Waals surface area contributed by atoms with E-state index in [0.717, 1.165) is 24.8 Å². The molecule has 1 aliphatic heterocycles. The number of benzene rings is 1. The number of methoxy groups -OCH3 is 1. The van der Waals surface area contributed by atoms with Crippen molar-refractivity contribution in [2.75, 3.05) is 20.2 Å². The van der Waals surface area contributed by atoms with Crippen LogP contribution >= 0.6 is 0 Å². The number of ether oxygens (including phenoxy) is 2. The molecule has 2 rings (SSSR count). The molecule has 1 aliphatic rings. The third-order valence-corrected chi connectivity index (χ3v) is 4.20. The minimum atomic E-state index is -0.453. The van der Waals surface area contributed by atoms with Gasteiger partial charge in [0, 0.05) is 13.1 Å². The van der Waals surface area contributed by atoms with Crippen LogP contribution in [0.2, 0.25) is 0 Å². The van der Waals surface area contributed by atoms with Crippen molar-refractivity contribution in [1.82, 2.24) is 10.2 Å². The highest BCUT2D eigenvalue weighted by Gasteiger charge is 2.31. The summed E-state index contributed by atoms with van der Waals surface area (Å²) in [4.78, 5) is 25.5. The Labute approximate surface area is 143 Å². The van der Waals surface area contributed by atoms with Gasteiger partial charge in [0.25, 0.3) is 0 Å². The maximum Gasteiger partial charge on any atom is 0.409 e. The summed E-state index contributed by atoms with van der Waals surface area (Å²) >= 11 is 0. The molecule has 24 heavy (non-hydrogen) atoms.